The zero-order valence-corrected chi connectivity index (χ0v) is 8.71. The molecule has 0 fully saturated rings. The molecule has 3 nitrogen and oxygen atoms in total. The number of aliphatic hydroxyl groups excluding tert-OH is 1. The normalized spacial score (nSPS) is 12.8. The highest BCUT2D eigenvalue weighted by Crippen LogP contribution is 2.22. The van der Waals surface area contributed by atoms with Crippen LogP contribution in [0.25, 0.3) is 0 Å². The molecule has 1 rings (SSSR count). The van der Waals surface area contributed by atoms with Gasteiger partial charge in [-0.05, 0) is 19.4 Å². The number of nitrogens with zero attached hydrogens (tertiary/aromatic N) is 2. The molecule has 0 aliphatic carbocycles. The summed E-state index contributed by atoms with van der Waals surface area (Å²) in [6.45, 7) is 4.26. The fraction of sp³-hybridized carbons (Fsp3) is 0.556. The van der Waals surface area contributed by atoms with E-state index >= 15 is 0 Å². The molecule has 1 aromatic heterocycles. The van der Waals surface area contributed by atoms with E-state index in [-0.39, 0.29) is 6.61 Å². The summed E-state index contributed by atoms with van der Waals surface area (Å²) in [5.41, 5.74) is 0.980. The first-order valence-electron chi connectivity index (χ1n) is 4.28. The van der Waals surface area contributed by atoms with E-state index in [9.17, 15) is 0 Å². The second-order valence-corrected chi connectivity index (χ2v) is 4.40. The minimum Gasteiger partial charge on any atom is -0.396 e. The Balaban J connectivity index is 2.53. The Bertz CT molecular complexity index is 268. The van der Waals surface area contributed by atoms with Crippen LogP contribution in [0, 0.1) is 6.92 Å². The second-order valence-electron chi connectivity index (χ2n) is 2.94. The summed E-state index contributed by atoms with van der Waals surface area (Å²) >= 11 is 1.67. The highest BCUT2D eigenvalue weighted by molar-refractivity contribution is 7.99. The first-order valence-corrected chi connectivity index (χ1v) is 5.16. The van der Waals surface area contributed by atoms with Crippen molar-refractivity contribution in [2.75, 3.05) is 6.61 Å². The third-order valence-corrected chi connectivity index (χ3v) is 2.74. The fourth-order valence-corrected chi connectivity index (χ4v) is 1.92. The highest BCUT2D eigenvalue weighted by atomic mass is 32.2. The van der Waals surface area contributed by atoms with Crippen molar-refractivity contribution in [3.05, 3.63) is 18.1 Å². The van der Waals surface area contributed by atoms with Crippen molar-refractivity contribution in [3.8, 4) is 0 Å². The van der Waals surface area contributed by atoms with Gasteiger partial charge in [-0.1, -0.05) is 6.92 Å². The van der Waals surface area contributed by atoms with Gasteiger partial charge < -0.3 is 5.11 Å². The molecule has 0 aromatic carbocycles. The largest absolute Gasteiger partial charge is 0.396 e. The van der Waals surface area contributed by atoms with Crippen LogP contribution in [0.5, 0.6) is 0 Å². The standard InChI is InChI=1S/C9H14N2OS/c1-7-5-9(11-6-10-7)13-8(2)3-4-12/h5-6,8,12H,3-4H2,1-2H3. The maximum Gasteiger partial charge on any atom is 0.116 e. The number of aryl methyl sites for hydroxylation is 1. The van der Waals surface area contributed by atoms with Crippen molar-refractivity contribution in [3.63, 3.8) is 0 Å². The average molecular weight is 198 g/mol. The Labute approximate surface area is 82.6 Å². The lowest BCUT2D eigenvalue weighted by Crippen LogP contribution is -2.00. The Kier molecular flexibility index (Phi) is 4.18. The second kappa shape index (κ2) is 5.19. The van der Waals surface area contributed by atoms with E-state index in [2.05, 4.69) is 16.9 Å². The van der Waals surface area contributed by atoms with Crippen LogP contribution in [0.3, 0.4) is 0 Å². The van der Waals surface area contributed by atoms with E-state index in [1.165, 1.54) is 0 Å². The summed E-state index contributed by atoms with van der Waals surface area (Å²) in [6.07, 6.45) is 2.37. The number of aliphatic hydroxyl groups is 1. The molecule has 4 heteroatoms. The predicted octanol–water partition coefficient (Wildman–Crippen LogP) is 1.65. The maximum absolute atomic E-state index is 8.72. The van der Waals surface area contributed by atoms with Crippen molar-refractivity contribution in [1.82, 2.24) is 9.97 Å². The van der Waals surface area contributed by atoms with E-state index in [0.29, 0.717) is 5.25 Å². The molecule has 0 amide bonds. The van der Waals surface area contributed by atoms with Crippen molar-refractivity contribution in [2.24, 2.45) is 0 Å². The van der Waals surface area contributed by atoms with Gasteiger partial charge in [0.25, 0.3) is 0 Å². The minimum absolute atomic E-state index is 0.234. The molecule has 1 N–H and O–H groups in total. The molecule has 0 saturated heterocycles. The van der Waals surface area contributed by atoms with Crippen molar-refractivity contribution < 1.29 is 5.11 Å². The first-order chi connectivity index (χ1) is 6.22. The predicted molar refractivity (Wildman–Crippen MR) is 53.8 cm³/mol. The third-order valence-electron chi connectivity index (χ3n) is 1.64. The van der Waals surface area contributed by atoms with Crippen molar-refractivity contribution in [2.45, 2.75) is 30.5 Å². The quantitative estimate of drug-likeness (QED) is 0.590. The molecule has 72 valence electrons. The van der Waals surface area contributed by atoms with Gasteiger partial charge in [-0.2, -0.15) is 0 Å². The van der Waals surface area contributed by atoms with E-state index in [0.717, 1.165) is 17.1 Å². The summed E-state index contributed by atoms with van der Waals surface area (Å²) in [5, 5.41) is 10.1. The molecule has 1 heterocycles. The highest BCUT2D eigenvalue weighted by Gasteiger charge is 2.04. The van der Waals surface area contributed by atoms with E-state index in [4.69, 9.17) is 5.11 Å². The summed E-state index contributed by atoms with van der Waals surface area (Å²) in [6, 6.07) is 1.96. The van der Waals surface area contributed by atoms with Crippen LogP contribution >= 0.6 is 11.8 Å². The van der Waals surface area contributed by atoms with Crippen LogP contribution in [-0.2, 0) is 0 Å². The molecule has 0 aliphatic heterocycles. The molecular formula is C9H14N2OS. The summed E-state index contributed by atoms with van der Waals surface area (Å²) in [7, 11) is 0. The van der Waals surface area contributed by atoms with Gasteiger partial charge in [0, 0.05) is 17.6 Å². The lowest BCUT2D eigenvalue weighted by atomic mass is 10.3. The van der Waals surface area contributed by atoms with Gasteiger partial charge in [0.15, 0.2) is 0 Å². The van der Waals surface area contributed by atoms with Gasteiger partial charge in [0.1, 0.15) is 6.33 Å². The summed E-state index contributed by atoms with van der Waals surface area (Å²) < 4.78 is 0. The molecule has 1 unspecified atom stereocenters. The zero-order valence-electron chi connectivity index (χ0n) is 7.90. The first kappa shape index (κ1) is 10.5. The van der Waals surface area contributed by atoms with Crippen LogP contribution in [0.1, 0.15) is 19.0 Å². The zero-order chi connectivity index (χ0) is 9.68. The van der Waals surface area contributed by atoms with Gasteiger partial charge in [-0.3, -0.25) is 0 Å². The van der Waals surface area contributed by atoms with Gasteiger partial charge >= 0.3 is 0 Å². The number of hydrogen-bond donors (Lipinski definition) is 1. The smallest absolute Gasteiger partial charge is 0.116 e. The van der Waals surface area contributed by atoms with Gasteiger partial charge in [-0.15, -0.1) is 11.8 Å². The number of aromatic nitrogens is 2. The Morgan fingerprint density at radius 1 is 1.54 bits per heavy atom. The Morgan fingerprint density at radius 3 is 2.92 bits per heavy atom. The average Bonchev–Trinajstić information content (AvgIpc) is 2.04. The van der Waals surface area contributed by atoms with Crippen LogP contribution in [-0.4, -0.2) is 26.9 Å². The SMILES string of the molecule is Cc1cc(SC(C)CCO)ncn1. The van der Waals surface area contributed by atoms with Gasteiger partial charge in [0.05, 0.1) is 5.03 Å². The van der Waals surface area contributed by atoms with Crippen LogP contribution in [0.2, 0.25) is 0 Å². The number of hydrogen-bond acceptors (Lipinski definition) is 4. The molecule has 0 bridgehead atoms. The molecule has 13 heavy (non-hydrogen) atoms. The molecular weight excluding hydrogens is 184 g/mol. The summed E-state index contributed by atoms with van der Waals surface area (Å²) in [4.78, 5) is 8.15. The molecule has 0 aliphatic rings. The molecule has 0 saturated carbocycles. The molecule has 1 atom stereocenters. The van der Waals surface area contributed by atoms with E-state index in [1.807, 2.05) is 13.0 Å². The minimum atomic E-state index is 0.234. The number of thioether (sulfide) groups is 1. The third kappa shape index (κ3) is 3.74. The number of rotatable bonds is 4. The Hall–Kier alpha value is -0.610. The van der Waals surface area contributed by atoms with Gasteiger partial charge in [0.2, 0.25) is 0 Å². The van der Waals surface area contributed by atoms with Crippen LogP contribution in [0.4, 0.5) is 0 Å². The van der Waals surface area contributed by atoms with Crippen LogP contribution in [0.15, 0.2) is 17.4 Å². The summed E-state index contributed by atoms with van der Waals surface area (Å²) in [5.74, 6) is 0. The lowest BCUT2D eigenvalue weighted by molar-refractivity contribution is 0.289. The van der Waals surface area contributed by atoms with Crippen molar-refractivity contribution >= 4 is 11.8 Å². The van der Waals surface area contributed by atoms with Gasteiger partial charge in [-0.25, -0.2) is 9.97 Å². The maximum atomic E-state index is 8.72. The lowest BCUT2D eigenvalue weighted by Gasteiger charge is -2.07. The molecule has 1 aromatic rings. The Morgan fingerprint density at radius 2 is 2.31 bits per heavy atom. The van der Waals surface area contributed by atoms with Crippen molar-refractivity contribution in [1.29, 1.82) is 0 Å². The topological polar surface area (TPSA) is 46.0 Å². The fourth-order valence-electron chi connectivity index (χ4n) is 0.941. The monoisotopic (exact) mass is 198 g/mol. The van der Waals surface area contributed by atoms with E-state index < -0.39 is 0 Å². The van der Waals surface area contributed by atoms with Crippen LogP contribution < -0.4 is 0 Å². The molecule has 0 radical (unpaired) electrons. The van der Waals surface area contributed by atoms with E-state index in [1.54, 1.807) is 18.1 Å². The molecule has 0 spiro atoms.